The van der Waals surface area contributed by atoms with Crippen molar-refractivity contribution in [1.29, 1.82) is 0 Å². The first-order chi connectivity index (χ1) is 6.11. The Morgan fingerprint density at radius 2 is 2.23 bits per heavy atom. The molecular weight excluding hydrogens is 390 g/mol. The van der Waals surface area contributed by atoms with Crippen LogP contribution in [0.5, 0.6) is 0 Å². The summed E-state index contributed by atoms with van der Waals surface area (Å²) in [5.41, 5.74) is 0.545. The Balaban J connectivity index is 2.13. The average molecular weight is 402 g/mol. The van der Waals surface area contributed by atoms with Gasteiger partial charge in [0, 0.05) is 6.54 Å². The van der Waals surface area contributed by atoms with E-state index >= 15 is 0 Å². The quantitative estimate of drug-likeness (QED) is 0.695. The first-order valence-corrected chi connectivity index (χ1v) is 6.63. The van der Waals surface area contributed by atoms with Crippen molar-refractivity contribution in [1.82, 2.24) is 9.55 Å². The highest BCUT2D eigenvalue weighted by molar-refractivity contribution is 14.1. The van der Waals surface area contributed by atoms with Crippen LogP contribution in [0.4, 0.5) is 0 Å². The maximum atomic E-state index is 4.30. The summed E-state index contributed by atoms with van der Waals surface area (Å²) in [7, 11) is 0. The first kappa shape index (κ1) is 10.2. The van der Waals surface area contributed by atoms with Crippen LogP contribution in [0.1, 0.15) is 26.2 Å². The molecule has 0 atom stereocenters. The molecule has 2 nitrogen and oxygen atoms in total. The Labute approximate surface area is 106 Å². The zero-order chi connectivity index (χ0) is 9.47. The Hall–Kier alpha value is 0.670. The number of hydrogen-bond acceptors (Lipinski definition) is 1. The SMILES string of the molecule is CC1(Cn2cnc(I)c2I)CCC1. The Kier molecular flexibility index (Phi) is 2.88. The molecule has 0 radical (unpaired) electrons. The van der Waals surface area contributed by atoms with E-state index in [1.165, 1.54) is 23.0 Å². The molecule has 4 heteroatoms. The van der Waals surface area contributed by atoms with Crippen LogP contribution in [0.15, 0.2) is 6.33 Å². The lowest BCUT2D eigenvalue weighted by atomic mass is 9.70. The maximum absolute atomic E-state index is 4.30. The minimum Gasteiger partial charge on any atom is -0.325 e. The number of aromatic nitrogens is 2. The summed E-state index contributed by atoms with van der Waals surface area (Å²) in [5, 5.41) is 0. The summed E-state index contributed by atoms with van der Waals surface area (Å²) in [6.07, 6.45) is 6.11. The zero-order valence-electron chi connectivity index (χ0n) is 7.56. The van der Waals surface area contributed by atoms with Crippen molar-refractivity contribution in [3.63, 3.8) is 0 Å². The third-order valence-electron chi connectivity index (χ3n) is 2.85. The third kappa shape index (κ3) is 2.03. The van der Waals surface area contributed by atoms with Gasteiger partial charge in [-0.15, -0.1) is 0 Å². The molecular formula is C9H12I2N2. The van der Waals surface area contributed by atoms with Crippen molar-refractivity contribution in [3.8, 4) is 0 Å². The van der Waals surface area contributed by atoms with Gasteiger partial charge in [0.2, 0.25) is 0 Å². The summed E-state index contributed by atoms with van der Waals surface area (Å²) in [5.74, 6) is 0. The Morgan fingerprint density at radius 3 is 2.62 bits per heavy atom. The second-order valence-corrected chi connectivity index (χ2v) is 6.16. The molecule has 0 spiro atoms. The van der Waals surface area contributed by atoms with Crippen LogP contribution in [0.3, 0.4) is 0 Å². The highest BCUT2D eigenvalue weighted by atomic mass is 127. The van der Waals surface area contributed by atoms with Gasteiger partial charge >= 0.3 is 0 Å². The number of imidazole rings is 1. The van der Waals surface area contributed by atoms with Gasteiger partial charge in [0.1, 0.15) is 7.40 Å². The van der Waals surface area contributed by atoms with Crippen LogP contribution in [0.2, 0.25) is 0 Å². The molecule has 1 aliphatic carbocycles. The number of nitrogens with zero attached hydrogens (tertiary/aromatic N) is 2. The van der Waals surface area contributed by atoms with Crippen LogP contribution in [-0.2, 0) is 6.54 Å². The molecule has 0 unspecified atom stereocenters. The van der Waals surface area contributed by atoms with Crippen LogP contribution < -0.4 is 0 Å². The highest BCUT2D eigenvalue weighted by Crippen LogP contribution is 2.42. The van der Waals surface area contributed by atoms with Crippen molar-refractivity contribution < 1.29 is 0 Å². The number of halogens is 2. The van der Waals surface area contributed by atoms with Crippen molar-refractivity contribution in [2.75, 3.05) is 0 Å². The molecule has 0 N–H and O–H groups in total. The minimum atomic E-state index is 0.545. The molecule has 72 valence electrons. The third-order valence-corrected chi connectivity index (χ3v) is 5.80. The topological polar surface area (TPSA) is 17.8 Å². The molecule has 1 fully saturated rings. The van der Waals surface area contributed by atoms with E-state index in [9.17, 15) is 0 Å². The van der Waals surface area contributed by atoms with Crippen LogP contribution >= 0.6 is 45.2 Å². The van der Waals surface area contributed by atoms with Crippen LogP contribution in [-0.4, -0.2) is 9.55 Å². The van der Waals surface area contributed by atoms with E-state index in [1.54, 1.807) is 0 Å². The van der Waals surface area contributed by atoms with E-state index in [2.05, 4.69) is 61.7 Å². The normalized spacial score (nSPS) is 19.9. The molecule has 0 saturated heterocycles. The summed E-state index contributed by atoms with van der Waals surface area (Å²) < 4.78 is 4.69. The molecule has 0 bridgehead atoms. The van der Waals surface area contributed by atoms with Crippen LogP contribution in [0, 0.1) is 12.8 Å². The molecule has 1 heterocycles. The molecule has 1 aromatic heterocycles. The molecule has 0 aliphatic heterocycles. The van der Waals surface area contributed by atoms with E-state index < -0.39 is 0 Å². The van der Waals surface area contributed by atoms with Gasteiger partial charge in [0.25, 0.3) is 0 Å². The zero-order valence-corrected chi connectivity index (χ0v) is 11.9. The van der Waals surface area contributed by atoms with Crippen molar-refractivity contribution in [3.05, 3.63) is 13.7 Å². The van der Waals surface area contributed by atoms with Gasteiger partial charge in [-0.2, -0.15) is 0 Å². The second-order valence-electron chi connectivity index (χ2n) is 4.12. The van der Waals surface area contributed by atoms with E-state index in [0.717, 1.165) is 10.2 Å². The Morgan fingerprint density at radius 1 is 1.54 bits per heavy atom. The van der Waals surface area contributed by atoms with E-state index in [0.29, 0.717) is 5.41 Å². The monoisotopic (exact) mass is 402 g/mol. The van der Waals surface area contributed by atoms with Crippen molar-refractivity contribution >= 4 is 45.2 Å². The van der Waals surface area contributed by atoms with E-state index in [-0.39, 0.29) is 0 Å². The van der Waals surface area contributed by atoms with Crippen molar-refractivity contribution in [2.24, 2.45) is 5.41 Å². The second kappa shape index (κ2) is 3.67. The minimum absolute atomic E-state index is 0.545. The predicted octanol–water partition coefficient (Wildman–Crippen LogP) is 3.28. The Bertz CT molecular complexity index is 315. The summed E-state index contributed by atoms with van der Waals surface area (Å²) in [6.45, 7) is 3.51. The molecule has 0 amide bonds. The molecule has 1 aliphatic rings. The molecule has 1 aromatic rings. The summed E-state index contributed by atoms with van der Waals surface area (Å²) >= 11 is 4.66. The fourth-order valence-corrected chi connectivity index (χ4v) is 2.67. The molecule has 2 rings (SSSR count). The van der Waals surface area contributed by atoms with Crippen molar-refractivity contribution in [2.45, 2.75) is 32.7 Å². The summed E-state index contributed by atoms with van der Waals surface area (Å²) in [6, 6.07) is 0. The fraction of sp³-hybridized carbons (Fsp3) is 0.667. The fourth-order valence-electron chi connectivity index (χ4n) is 1.80. The number of rotatable bonds is 2. The van der Waals surface area contributed by atoms with Gasteiger partial charge in [-0.25, -0.2) is 4.98 Å². The standard InChI is InChI=1S/C9H12I2N2/c1-9(3-2-4-9)5-13-6-12-7(10)8(13)11/h6H,2-5H2,1H3. The summed E-state index contributed by atoms with van der Waals surface area (Å²) in [4.78, 5) is 4.30. The first-order valence-electron chi connectivity index (χ1n) is 4.47. The average Bonchev–Trinajstić information content (AvgIpc) is 2.33. The van der Waals surface area contributed by atoms with Gasteiger partial charge in [0.15, 0.2) is 0 Å². The maximum Gasteiger partial charge on any atom is 0.132 e. The predicted molar refractivity (Wildman–Crippen MR) is 69.6 cm³/mol. The lowest BCUT2D eigenvalue weighted by Gasteiger charge is -2.38. The smallest absolute Gasteiger partial charge is 0.132 e. The molecule has 1 saturated carbocycles. The van der Waals surface area contributed by atoms with Gasteiger partial charge in [-0.3, -0.25) is 0 Å². The molecule has 0 aromatic carbocycles. The van der Waals surface area contributed by atoms with E-state index in [4.69, 9.17) is 0 Å². The largest absolute Gasteiger partial charge is 0.325 e. The lowest BCUT2D eigenvalue weighted by Crippen LogP contribution is -2.30. The van der Waals surface area contributed by atoms with E-state index in [1.807, 2.05) is 6.33 Å². The van der Waals surface area contributed by atoms with Gasteiger partial charge in [-0.1, -0.05) is 13.3 Å². The number of hydrogen-bond donors (Lipinski definition) is 0. The lowest BCUT2D eigenvalue weighted by molar-refractivity contribution is 0.131. The molecule has 13 heavy (non-hydrogen) atoms. The van der Waals surface area contributed by atoms with Gasteiger partial charge in [0.05, 0.1) is 6.33 Å². The van der Waals surface area contributed by atoms with Gasteiger partial charge < -0.3 is 4.57 Å². The highest BCUT2D eigenvalue weighted by Gasteiger charge is 2.32. The van der Waals surface area contributed by atoms with Crippen LogP contribution in [0.25, 0.3) is 0 Å². The van der Waals surface area contributed by atoms with Gasteiger partial charge in [-0.05, 0) is 63.4 Å².